The Hall–Kier alpha value is -3.61. The van der Waals surface area contributed by atoms with E-state index in [1.54, 1.807) is 10.6 Å². The van der Waals surface area contributed by atoms with Crippen LogP contribution in [-0.2, 0) is 11.2 Å². The number of carbonyl (C=O) groups excluding carboxylic acids is 1. The van der Waals surface area contributed by atoms with Crippen molar-refractivity contribution in [2.75, 3.05) is 5.32 Å². The summed E-state index contributed by atoms with van der Waals surface area (Å²) in [7, 11) is 0. The van der Waals surface area contributed by atoms with E-state index in [0.29, 0.717) is 17.3 Å². The molecule has 2 heterocycles. The van der Waals surface area contributed by atoms with E-state index >= 15 is 0 Å². The standard InChI is InChI=1S/C25H27N3O4/c1-15-9-8-11-19-21(15)22(29)31-23(27-19)26-16(2)13-17-14-28(24(30)32-25(3,4)5)20-12-7-6-10-18(17)20/h6-12,14,16H,13H2,1-5H3,(H,26,27)/t16-/m1/s1. The van der Waals surface area contributed by atoms with Crippen LogP contribution in [0.5, 0.6) is 0 Å². The predicted octanol–water partition coefficient (Wildman–Crippen LogP) is 5.28. The van der Waals surface area contributed by atoms with Crippen molar-refractivity contribution in [1.82, 2.24) is 9.55 Å². The predicted molar refractivity (Wildman–Crippen MR) is 125 cm³/mol. The Morgan fingerprint density at radius 1 is 1.19 bits per heavy atom. The number of hydrogen-bond donors (Lipinski definition) is 1. The molecule has 2 aromatic heterocycles. The maximum atomic E-state index is 12.7. The molecule has 0 fully saturated rings. The van der Waals surface area contributed by atoms with Crippen molar-refractivity contribution in [1.29, 1.82) is 0 Å². The summed E-state index contributed by atoms with van der Waals surface area (Å²) in [6, 6.07) is 13.3. The third-order valence-electron chi connectivity index (χ3n) is 5.15. The van der Waals surface area contributed by atoms with E-state index in [1.807, 2.05) is 77.2 Å². The first-order chi connectivity index (χ1) is 15.1. The number of ether oxygens (including phenoxy) is 1. The maximum absolute atomic E-state index is 12.7. The van der Waals surface area contributed by atoms with Gasteiger partial charge in [-0.1, -0.05) is 30.3 Å². The fraction of sp³-hybridized carbons (Fsp3) is 0.320. The lowest BCUT2D eigenvalue weighted by Gasteiger charge is -2.19. The fourth-order valence-corrected chi connectivity index (χ4v) is 3.81. The summed E-state index contributed by atoms with van der Waals surface area (Å²) in [6.45, 7) is 9.36. The highest BCUT2D eigenvalue weighted by Crippen LogP contribution is 2.25. The normalized spacial score (nSPS) is 12.8. The number of nitrogens with zero attached hydrogens (tertiary/aromatic N) is 2. The van der Waals surface area contributed by atoms with Crippen LogP contribution in [0.3, 0.4) is 0 Å². The highest BCUT2D eigenvalue weighted by molar-refractivity contribution is 5.92. The minimum absolute atomic E-state index is 0.106. The number of hydrogen-bond acceptors (Lipinski definition) is 6. The molecule has 32 heavy (non-hydrogen) atoms. The average molecular weight is 434 g/mol. The maximum Gasteiger partial charge on any atom is 0.419 e. The number of anilines is 1. The SMILES string of the molecule is Cc1cccc2nc(N[C@H](C)Cc3cn(C(=O)OC(C)(C)C)c4ccccc34)oc(=O)c12. The summed E-state index contributed by atoms with van der Waals surface area (Å²) >= 11 is 0. The van der Waals surface area contributed by atoms with E-state index in [4.69, 9.17) is 9.15 Å². The second kappa shape index (κ2) is 8.15. The summed E-state index contributed by atoms with van der Waals surface area (Å²) in [5.41, 5.74) is 2.19. The van der Waals surface area contributed by atoms with Gasteiger partial charge in [0.25, 0.3) is 6.01 Å². The highest BCUT2D eigenvalue weighted by Gasteiger charge is 2.21. The molecule has 0 radical (unpaired) electrons. The van der Waals surface area contributed by atoms with Crippen molar-refractivity contribution in [3.05, 3.63) is 70.2 Å². The van der Waals surface area contributed by atoms with Gasteiger partial charge in [-0.2, -0.15) is 4.98 Å². The summed E-state index contributed by atoms with van der Waals surface area (Å²) in [4.78, 5) is 29.6. The number of fused-ring (bicyclic) bond motifs is 2. The fourth-order valence-electron chi connectivity index (χ4n) is 3.81. The van der Waals surface area contributed by atoms with E-state index in [-0.39, 0.29) is 12.1 Å². The van der Waals surface area contributed by atoms with Gasteiger partial charge in [-0.05, 0) is 64.3 Å². The summed E-state index contributed by atoms with van der Waals surface area (Å²) in [6.07, 6.45) is 1.98. The third-order valence-corrected chi connectivity index (χ3v) is 5.15. The lowest BCUT2D eigenvalue weighted by Crippen LogP contribution is -2.26. The van der Waals surface area contributed by atoms with Crippen molar-refractivity contribution < 1.29 is 13.9 Å². The van der Waals surface area contributed by atoms with Crippen LogP contribution < -0.4 is 10.9 Å². The molecular weight excluding hydrogens is 406 g/mol. The van der Waals surface area contributed by atoms with Crippen LogP contribution in [0.4, 0.5) is 10.8 Å². The molecule has 166 valence electrons. The molecule has 1 N–H and O–H groups in total. The second-order valence-electron chi connectivity index (χ2n) is 9.05. The molecule has 1 atom stereocenters. The first-order valence-electron chi connectivity index (χ1n) is 10.6. The van der Waals surface area contributed by atoms with Gasteiger partial charge in [-0.25, -0.2) is 9.59 Å². The van der Waals surface area contributed by atoms with Crippen molar-refractivity contribution in [2.24, 2.45) is 0 Å². The zero-order chi connectivity index (χ0) is 23.0. The first kappa shape index (κ1) is 21.6. The molecule has 0 unspecified atom stereocenters. The van der Waals surface area contributed by atoms with Crippen LogP contribution in [-0.4, -0.2) is 27.3 Å². The van der Waals surface area contributed by atoms with Crippen LogP contribution in [0.15, 0.2) is 57.9 Å². The largest absolute Gasteiger partial charge is 0.443 e. The molecule has 0 aliphatic carbocycles. The number of rotatable bonds is 4. The van der Waals surface area contributed by atoms with Crippen LogP contribution in [0.25, 0.3) is 21.8 Å². The van der Waals surface area contributed by atoms with Crippen molar-refractivity contribution >= 4 is 33.9 Å². The van der Waals surface area contributed by atoms with Gasteiger partial charge in [0.1, 0.15) is 5.60 Å². The Bertz CT molecular complexity index is 1360. The molecule has 7 heteroatoms. The molecule has 0 spiro atoms. The topological polar surface area (TPSA) is 86.4 Å². The van der Waals surface area contributed by atoms with Crippen LogP contribution in [0, 0.1) is 6.92 Å². The van der Waals surface area contributed by atoms with Gasteiger partial charge in [0, 0.05) is 17.6 Å². The van der Waals surface area contributed by atoms with Crippen molar-refractivity contribution in [2.45, 2.75) is 52.7 Å². The monoisotopic (exact) mass is 433 g/mol. The number of para-hydroxylation sites is 1. The molecule has 0 aliphatic heterocycles. The number of aryl methyl sites for hydroxylation is 1. The molecule has 4 rings (SSSR count). The molecule has 0 saturated carbocycles. The number of nitrogens with one attached hydrogen (secondary N) is 1. The minimum atomic E-state index is -0.588. The lowest BCUT2D eigenvalue weighted by molar-refractivity contribution is 0.0544. The number of benzene rings is 2. The van der Waals surface area contributed by atoms with E-state index in [9.17, 15) is 9.59 Å². The Kier molecular flexibility index (Phi) is 5.50. The van der Waals surface area contributed by atoms with E-state index in [0.717, 1.165) is 22.0 Å². The first-order valence-corrected chi connectivity index (χ1v) is 10.6. The lowest BCUT2D eigenvalue weighted by atomic mass is 10.1. The zero-order valence-electron chi connectivity index (χ0n) is 18.9. The molecule has 4 aromatic rings. The van der Waals surface area contributed by atoms with Gasteiger partial charge in [0.15, 0.2) is 0 Å². The third kappa shape index (κ3) is 4.37. The molecular formula is C25H27N3O4. The molecule has 7 nitrogen and oxygen atoms in total. The van der Waals surface area contributed by atoms with Gasteiger partial charge in [0.2, 0.25) is 0 Å². The van der Waals surface area contributed by atoms with E-state index < -0.39 is 17.3 Å². The Balaban J connectivity index is 1.61. The average Bonchev–Trinajstić information content (AvgIpc) is 3.05. The highest BCUT2D eigenvalue weighted by atomic mass is 16.6. The van der Waals surface area contributed by atoms with Crippen LogP contribution in [0.1, 0.15) is 38.8 Å². The van der Waals surface area contributed by atoms with Gasteiger partial charge >= 0.3 is 11.7 Å². The molecule has 0 aliphatic rings. The van der Waals surface area contributed by atoms with Crippen LogP contribution in [0.2, 0.25) is 0 Å². The Morgan fingerprint density at radius 3 is 2.69 bits per heavy atom. The molecule has 0 saturated heterocycles. The van der Waals surface area contributed by atoms with Gasteiger partial charge < -0.3 is 14.5 Å². The van der Waals surface area contributed by atoms with Crippen molar-refractivity contribution in [3.63, 3.8) is 0 Å². The smallest absolute Gasteiger partial charge is 0.419 e. The Morgan fingerprint density at radius 2 is 1.94 bits per heavy atom. The summed E-state index contributed by atoms with van der Waals surface area (Å²) in [5, 5.41) is 4.64. The number of aromatic nitrogens is 2. The summed E-state index contributed by atoms with van der Waals surface area (Å²) < 4.78 is 12.5. The van der Waals surface area contributed by atoms with Gasteiger partial charge in [0.05, 0.1) is 16.4 Å². The van der Waals surface area contributed by atoms with E-state index in [2.05, 4.69) is 10.3 Å². The van der Waals surface area contributed by atoms with E-state index in [1.165, 1.54) is 0 Å². The molecule has 2 aromatic carbocycles. The zero-order valence-corrected chi connectivity index (χ0v) is 18.9. The minimum Gasteiger partial charge on any atom is -0.443 e. The van der Waals surface area contributed by atoms with Gasteiger partial charge in [-0.15, -0.1) is 0 Å². The van der Waals surface area contributed by atoms with Crippen molar-refractivity contribution in [3.8, 4) is 0 Å². The second-order valence-corrected chi connectivity index (χ2v) is 9.05. The summed E-state index contributed by atoms with van der Waals surface area (Å²) in [5.74, 6) is 0. The Labute approximate surface area is 186 Å². The quantitative estimate of drug-likeness (QED) is 0.471. The number of carbonyl (C=O) groups is 1. The molecule has 0 amide bonds. The van der Waals surface area contributed by atoms with Crippen LogP contribution >= 0.6 is 0 Å². The molecule has 0 bridgehead atoms. The van der Waals surface area contributed by atoms with Gasteiger partial charge in [-0.3, -0.25) is 4.57 Å².